The van der Waals surface area contributed by atoms with Crippen molar-refractivity contribution in [2.24, 2.45) is 5.92 Å². The third-order valence-corrected chi connectivity index (χ3v) is 8.80. The summed E-state index contributed by atoms with van der Waals surface area (Å²) in [6.07, 6.45) is -4.98. The molecule has 3 atom stereocenters. The fourth-order valence-corrected chi connectivity index (χ4v) is 6.45. The van der Waals surface area contributed by atoms with E-state index in [-0.39, 0.29) is 18.4 Å². The highest BCUT2D eigenvalue weighted by molar-refractivity contribution is 7.92. The predicted molar refractivity (Wildman–Crippen MR) is 117 cm³/mol. The standard InChI is InChI=1S/C24H23F3N2O4S/c1-33-20-13-17(12-18(20)22(30)29-23(14-28)9-10-23)34(31,32)21-8-7-16(11-19(21)24(25,26)27)15-5-3-2-4-6-15/h2-8,11,17-18,20H,9-10,12-13H2,1H3,(H,29,30)/t17-,18-,20-/m1/s1. The van der Waals surface area contributed by atoms with E-state index in [1.807, 2.05) is 6.07 Å². The van der Waals surface area contributed by atoms with Gasteiger partial charge in [0, 0.05) is 7.11 Å². The summed E-state index contributed by atoms with van der Waals surface area (Å²) in [4.78, 5) is 11.9. The first kappa shape index (κ1) is 24.2. The van der Waals surface area contributed by atoms with Crippen molar-refractivity contribution in [3.8, 4) is 17.2 Å². The number of carbonyl (C=O) groups excluding carboxylic acids is 1. The van der Waals surface area contributed by atoms with Crippen molar-refractivity contribution in [2.75, 3.05) is 7.11 Å². The average Bonchev–Trinajstić information content (AvgIpc) is 3.44. The molecule has 10 heteroatoms. The van der Waals surface area contributed by atoms with E-state index >= 15 is 0 Å². The van der Waals surface area contributed by atoms with Crippen LogP contribution < -0.4 is 5.32 Å². The van der Waals surface area contributed by atoms with Crippen LogP contribution in [0.2, 0.25) is 0 Å². The summed E-state index contributed by atoms with van der Waals surface area (Å²) in [5, 5.41) is 10.6. The molecule has 180 valence electrons. The number of carbonyl (C=O) groups is 1. The molecule has 0 unspecified atom stereocenters. The first-order valence-electron chi connectivity index (χ1n) is 10.8. The second kappa shape index (κ2) is 8.71. The number of rotatable bonds is 6. The van der Waals surface area contributed by atoms with Crippen LogP contribution in [-0.2, 0) is 25.5 Å². The Labute approximate surface area is 195 Å². The van der Waals surface area contributed by atoms with Crippen LogP contribution in [0.4, 0.5) is 13.2 Å². The van der Waals surface area contributed by atoms with Crippen LogP contribution in [0.1, 0.15) is 31.2 Å². The van der Waals surface area contributed by atoms with Gasteiger partial charge >= 0.3 is 6.18 Å². The van der Waals surface area contributed by atoms with Gasteiger partial charge in [0.25, 0.3) is 0 Å². The maximum absolute atomic E-state index is 14.0. The van der Waals surface area contributed by atoms with Gasteiger partial charge in [-0.2, -0.15) is 18.4 Å². The van der Waals surface area contributed by atoms with Crippen molar-refractivity contribution in [1.82, 2.24) is 5.32 Å². The van der Waals surface area contributed by atoms with E-state index in [1.165, 1.54) is 13.2 Å². The number of ether oxygens (including phenoxy) is 1. The summed E-state index contributed by atoms with van der Waals surface area (Å²) >= 11 is 0. The Bertz CT molecular complexity index is 1240. The Kier molecular flexibility index (Phi) is 6.21. The maximum Gasteiger partial charge on any atom is 0.417 e. The number of nitriles is 1. The quantitative estimate of drug-likeness (QED) is 0.655. The molecule has 0 radical (unpaired) electrons. The lowest BCUT2D eigenvalue weighted by molar-refractivity contribution is -0.139. The first-order valence-corrected chi connectivity index (χ1v) is 12.3. The van der Waals surface area contributed by atoms with Gasteiger partial charge in [-0.3, -0.25) is 4.79 Å². The van der Waals surface area contributed by atoms with Gasteiger partial charge in [-0.05, 0) is 48.9 Å². The molecule has 2 aromatic carbocycles. The van der Waals surface area contributed by atoms with Crippen LogP contribution in [0.25, 0.3) is 11.1 Å². The van der Waals surface area contributed by atoms with E-state index in [0.717, 1.165) is 12.1 Å². The lowest BCUT2D eigenvalue weighted by Gasteiger charge is -2.19. The molecule has 0 heterocycles. The number of sulfone groups is 1. The number of hydrogen-bond donors (Lipinski definition) is 1. The van der Waals surface area contributed by atoms with Crippen molar-refractivity contribution in [3.63, 3.8) is 0 Å². The van der Waals surface area contributed by atoms with Crippen molar-refractivity contribution in [3.05, 3.63) is 54.1 Å². The fraction of sp³-hybridized carbons (Fsp3) is 0.417. The van der Waals surface area contributed by atoms with Crippen LogP contribution in [0.15, 0.2) is 53.4 Å². The summed E-state index contributed by atoms with van der Waals surface area (Å²) in [5.41, 5.74) is -1.41. The van der Waals surface area contributed by atoms with Crippen molar-refractivity contribution >= 4 is 15.7 Å². The summed E-state index contributed by atoms with van der Waals surface area (Å²) < 4.78 is 74.0. The third kappa shape index (κ3) is 4.55. The molecule has 2 fully saturated rings. The fourth-order valence-electron chi connectivity index (χ4n) is 4.45. The molecule has 1 amide bonds. The smallest absolute Gasteiger partial charge is 0.381 e. The lowest BCUT2D eigenvalue weighted by atomic mass is 10.0. The molecule has 1 N–H and O–H groups in total. The highest BCUT2D eigenvalue weighted by atomic mass is 32.2. The van der Waals surface area contributed by atoms with Crippen molar-refractivity contribution < 1.29 is 31.1 Å². The highest BCUT2D eigenvalue weighted by Gasteiger charge is 2.51. The SMILES string of the molecule is CO[C@@H]1C[C@H](S(=O)(=O)c2ccc(-c3ccccc3)cc2C(F)(F)F)C[C@H]1C(=O)NC1(C#N)CC1. The van der Waals surface area contributed by atoms with Gasteiger partial charge in [0.1, 0.15) is 5.54 Å². The Balaban J connectivity index is 1.66. The molecule has 0 spiro atoms. The summed E-state index contributed by atoms with van der Waals surface area (Å²) in [6, 6.07) is 13.6. The molecular weight excluding hydrogens is 469 g/mol. The van der Waals surface area contributed by atoms with Gasteiger partial charge in [0.05, 0.1) is 33.8 Å². The lowest BCUT2D eigenvalue weighted by Crippen LogP contribution is -2.42. The van der Waals surface area contributed by atoms with Gasteiger partial charge in [-0.15, -0.1) is 0 Å². The number of methoxy groups -OCH3 is 1. The van der Waals surface area contributed by atoms with E-state index in [1.54, 1.807) is 30.3 Å². The highest BCUT2D eigenvalue weighted by Crippen LogP contribution is 2.43. The van der Waals surface area contributed by atoms with Gasteiger partial charge in [0.2, 0.25) is 5.91 Å². The minimum Gasteiger partial charge on any atom is -0.381 e. The topological polar surface area (TPSA) is 96.3 Å². The number of nitrogens with one attached hydrogen (secondary N) is 1. The third-order valence-electron chi connectivity index (χ3n) is 6.56. The zero-order valence-corrected chi connectivity index (χ0v) is 19.1. The Morgan fingerprint density at radius 2 is 1.79 bits per heavy atom. The van der Waals surface area contributed by atoms with Crippen LogP contribution >= 0.6 is 0 Å². The maximum atomic E-state index is 14.0. The molecular formula is C24H23F3N2O4S. The monoisotopic (exact) mass is 492 g/mol. The molecule has 2 aliphatic carbocycles. The number of halogens is 3. The van der Waals surface area contributed by atoms with Crippen molar-refractivity contribution in [2.45, 2.75) is 53.6 Å². The Hall–Kier alpha value is -2.90. The molecule has 4 rings (SSSR count). The number of nitrogens with zero attached hydrogens (tertiary/aromatic N) is 1. The van der Waals surface area contributed by atoms with E-state index in [9.17, 15) is 31.6 Å². The number of alkyl halides is 3. The molecule has 0 aromatic heterocycles. The normalized spacial score (nSPS) is 23.8. The van der Waals surface area contributed by atoms with Crippen LogP contribution in [-0.4, -0.2) is 38.3 Å². The molecule has 34 heavy (non-hydrogen) atoms. The zero-order valence-electron chi connectivity index (χ0n) is 18.3. The second-order valence-corrected chi connectivity index (χ2v) is 11.0. The molecule has 2 saturated carbocycles. The molecule has 2 aliphatic rings. The second-order valence-electron chi connectivity index (χ2n) is 8.78. The van der Waals surface area contributed by atoms with Gasteiger partial charge < -0.3 is 10.1 Å². The number of hydrogen-bond acceptors (Lipinski definition) is 5. The number of amides is 1. The summed E-state index contributed by atoms with van der Waals surface area (Å²) in [5.74, 6) is -1.40. The minimum atomic E-state index is -4.89. The van der Waals surface area contributed by atoms with E-state index < -0.39 is 55.2 Å². The largest absolute Gasteiger partial charge is 0.417 e. The minimum absolute atomic E-state index is 0.117. The molecule has 6 nitrogen and oxygen atoms in total. The average molecular weight is 493 g/mol. The van der Waals surface area contributed by atoms with Crippen LogP contribution in [0, 0.1) is 17.2 Å². The van der Waals surface area contributed by atoms with Gasteiger partial charge in [-0.25, -0.2) is 8.42 Å². The summed E-state index contributed by atoms with van der Waals surface area (Å²) in [7, 11) is -3.11. The van der Waals surface area contributed by atoms with Crippen LogP contribution in [0.5, 0.6) is 0 Å². The molecule has 2 aromatic rings. The Morgan fingerprint density at radius 1 is 1.12 bits per heavy atom. The molecule has 0 saturated heterocycles. The van der Waals surface area contributed by atoms with E-state index in [0.29, 0.717) is 18.4 Å². The predicted octanol–water partition coefficient (Wildman–Crippen LogP) is 4.11. The summed E-state index contributed by atoms with van der Waals surface area (Å²) in [6.45, 7) is 0. The number of benzene rings is 2. The molecule has 0 bridgehead atoms. The Morgan fingerprint density at radius 3 is 2.35 bits per heavy atom. The van der Waals surface area contributed by atoms with Gasteiger partial charge in [-0.1, -0.05) is 36.4 Å². The van der Waals surface area contributed by atoms with E-state index in [2.05, 4.69) is 5.32 Å². The van der Waals surface area contributed by atoms with Crippen LogP contribution in [0.3, 0.4) is 0 Å². The van der Waals surface area contributed by atoms with Gasteiger partial charge in [0.15, 0.2) is 9.84 Å². The van der Waals surface area contributed by atoms with E-state index in [4.69, 9.17) is 4.74 Å². The van der Waals surface area contributed by atoms with Crippen molar-refractivity contribution in [1.29, 1.82) is 5.26 Å². The zero-order chi connectivity index (χ0) is 24.7. The first-order chi connectivity index (χ1) is 16.0. The molecule has 0 aliphatic heterocycles.